The van der Waals surface area contributed by atoms with Crippen molar-refractivity contribution in [1.82, 2.24) is 4.98 Å². The summed E-state index contributed by atoms with van der Waals surface area (Å²) in [6, 6.07) is 3.87. The van der Waals surface area contributed by atoms with E-state index < -0.39 is 0 Å². The van der Waals surface area contributed by atoms with Crippen LogP contribution in [0.15, 0.2) is 33.4 Å². The van der Waals surface area contributed by atoms with Crippen molar-refractivity contribution in [3.8, 4) is 0 Å². The number of aromatic nitrogens is 1. The van der Waals surface area contributed by atoms with Crippen molar-refractivity contribution >= 4 is 43.7 Å². The van der Waals surface area contributed by atoms with Gasteiger partial charge in [-0.3, -0.25) is 9.78 Å². The van der Waals surface area contributed by atoms with Gasteiger partial charge < -0.3 is 4.42 Å². The zero-order valence-corrected chi connectivity index (χ0v) is 11.5. The molecular weight excluding hydrogens is 294 g/mol. The van der Waals surface area contributed by atoms with Gasteiger partial charge in [-0.1, -0.05) is 0 Å². The standard InChI is InChI=1S/C14H10BrNO2/c1-7-3-9(8(2)17)13-10(4-7)11-5-16-6-12(15)14(11)18-13/h3-6H,1-2H3. The molecule has 2 aromatic heterocycles. The van der Waals surface area contributed by atoms with Gasteiger partial charge in [-0.2, -0.15) is 0 Å². The van der Waals surface area contributed by atoms with E-state index in [4.69, 9.17) is 4.42 Å². The first-order valence-corrected chi connectivity index (χ1v) is 6.34. The fourth-order valence-electron chi connectivity index (χ4n) is 2.17. The van der Waals surface area contributed by atoms with Gasteiger partial charge in [0.2, 0.25) is 0 Å². The van der Waals surface area contributed by atoms with Crippen molar-refractivity contribution < 1.29 is 9.21 Å². The van der Waals surface area contributed by atoms with E-state index in [0.29, 0.717) is 11.1 Å². The maximum absolute atomic E-state index is 11.7. The fourth-order valence-corrected chi connectivity index (χ4v) is 2.58. The molecule has 0 saturated heterocycles. The zero-order chi connectivity index (χ0) is 12.9. The summed E-state index contributed by atoms with van der Waals surface area (Å²) in [5.41, 5.74) is 3.02. The van der Waals surface area contributed by atoms with Crippen LogP contribution in [0, 0.1) is 6.92 Å². The number of carbonyl (C=O) groups is 1. The molecule has 0 atom stereocenters. The Labute approximate surface area is 112 Å². The number of pyridine rings is 1. The summed E-state index contributed by atoms with van der Waals surface area (Å²) in [7, 11) is 0. The average Bonchev–Trinajstić information content (AvgIpc) is 2.68. The molecule has 4 heteroatoms. The molecular formula is C14H10BrNO2. The van der Waals surface area contributed by atoms with Gasteiger partial charge in [0.05, 0.1) is 10.0 Å². The molecule has 0 bridgehead atoms. The van der Waals surface area contributed by atoms with Crippen molar-refractivity contribution in [3.05, 3.63) is 40.1 Å². The number of carbonyl (C=O) groups excluding carboxylic acids is 1. The third kappa shape index (κ3) is 1.56. The summed E-state index contributed by atoms with van der Waals surface area (Å²) in [6.45, 7) is 3.52. The molecule has 0 fully saturated rings. The number of aryl methyl sites for hydroxylation is 1. The number of ketones is 1. The van der Waals surface area contributed by atoms with Crippen LogP contribution in [0.4, 0.5) is 0 Å². The number of halogens is 1. The van der Waals surface area contributed by atoms with E-state index in [0.717, 1.165) is 26.4 Å². The Hall–Kier alpha value is -1.68. The molecule has 0 aliphatic heterocycles. The predicted octanol–water partition coefficient (Wildman–Crippen LogP) is 4.25. The van der Waals surface area contributed by atoms with Crippen LogP contribution in [0.1, 0.15) is 22.8 Å². The highest BCUT2D eigenvalue weighted by molar-refractivity contribution is 9.10. The number of hydrogen-bond acceptors (Lipinski definition) is 3. The van der Waals surface area contributed by atoms with Crippen LogP contribution >= 0.6 is 15.9 Å². The highest BCUT2D eigenvalue weighted by atomic mass is 79.9. The number of nitrogens with zero attached hydrogens (tertiary/aromatic N) is 1. The number of Topliss-reactive ketones (excluding diaryl/α,β-unsaturated/α-hetero) is 1. The molecule has 0 unspecified atom stereocenters. The molecule has 2 heterocycles. The summed E-state index contributed by atoms with van der Waals surface area (Å²) in [6.07, 6.45) is 3.44. The second kappa shape index (κ2) is 3.92. The largest absolute Gasteiger partial charge is 0.454 e. The van der Waals surface area contributed by atoms with E-state index in [1.54, 1.807) is 19.3 Å². The summed E-state index contributed by atoms with van der Waals surface area (Å²) in [5, 5.41) is 1.86. The van der Waals surface area contributed by atoms with Crippen molar-refractivity contribution in [2.75, 3.05) is 0 Å². The Bertz CT molecular complexity index is 789. The summed E-state index contributed by atoms with van der Waals surface area (Å²) in [5.74, 6) is 0.00633. The monoisotopic (exact) mass is 303 g/mol. The predicted molar refractivity (Wildman–Crippen MR) is 74.0 cm³/mol. The van der Waals surface area contributed by atoms with E-state index in [-0.39, 0.29) is 5.78 Å². The van der Waals surface area contributed by atoms with Crippen molar-refractivity contribution in [2.45, 2.75) is 13.8 Å². The maximum atomic E-state index is 11.7. The van der Waals surface area contributed by atoms with Gasteiger partial charge in [-0.05, 0) is 47.5 Å². The quantitative estimate of drug-likeness (QED) is 0.631. The van der Waals surface area contributed by atoms with Crippen molar-refractivity contribution in [1.29, 1.82) is 0 Å². The number of furan rings is 1. The van der Waals surface area contributed by atoms with Gasteiger partial charge >= 0.3 is 0 Å². The van der Waals surface area contributed by atoms with Crippen LogP contribution in [-0.4, -0.2) is 10.8 Å². The first-order chi connectivity index (χ1) is 8.58. The Morgan fingerprint density at radius 3 is 2.72 bits per heavy atom. The van der Waals surface area contributed by atoms with Crippen LogP contribution in [0.25, 0.3) is 21.9 Å². The SMILES string of the molecule is CC(=O)c1cc(C)cc2c1oc1c(Br)cncc12. The minimum absolute atomic E-state index is 0.00633. The first-order valence-electron chi connectivity index (χ1n) is 5.55. The van der Waals surface area contributed by atoms with Gasteiger partial charge in [-0.25, -0.2) is 0 Å². The lowest BCUT2D eigenvalue weighted by Gasteiger charge is -1.99. The lowest BCUT2D eigenvalue weighted by atomic mass is 10.0. The second-order valence-corrected chi connectivity index (χ2v) is 5.20. The van der Waals surface area contributed by atoms with Crippen LogP contribution in [0.3, 0.4) is 0 Å². The van der Waals surface area contributed by atoms with Crippen LogP contribution in [-0.2, 0) is 0 Å². The van der Waals surface area contributed by atoms with Gasteiger partial charge in [-0.15, -0.1) is 0 Å². The number of fused-ring (bicyclic) bond motifs is 3. The summed E-state index contributed by atoms with van der Waals surface area (Å²) in [4.78, 5) is 15.8. The third-order valence-electron chi connectivity index (χ3n) is 2.96. The Kier molecular flexibility index (Phi) is 2.48. The maximum Gasteiger partial charge on any atom is 0.163 e. The molecule has 18 heavy (non-hydrogen) atoms. The molecule has 0 N–H and O–H groups in total. The summed E-state index contributed by atoms with van der Waals surface area (Å²) < 4.78 is 6.62. The molecule has 0 aliphatic rings. The van der Waals surface area contributed by atoms with Crippen molar-refractivity contribution in [3.63, 3.8) is 0 Å². The number of hydrogen-bond donors (Lipinski definition) is 0. The lowest BCUT2D eigenvalue weighted by molar-refractivity contribution is 0.101. The highest BCUT2D eigenvalue weighted by Gasteiger charge is 2.15. The number of rotatable bonds is 1. The van der Waals surface area contributed by atoms with E-state index >= 15 is 0 Å². The zero-order valence-electron chi connectivity index (χ0n) is 9.95. The summed E-state index contributed by atoms with van der Waals surface area (Å²) >= 11 is 3.41. The highest BCUT2D eigenvalue weighted by Crippen LogP contribution is 2.35. The molecule has 0 spiro atoms. The van der Waals surface area contributed by atoms with Crippen LogP contribution < -0.4 is 0 Å². The average molecular weight is 304 g/mol. The van der Waals surface area contributed by atoms with E-state index in [1.807, 2.05) is 19.1 Å². The van der Waals surface area contributed by atoms with Crippen molar-refractivity contribution in [2.24, 2.45) is 0 Å². The second-order valence-electron chi connectivity index (χ2n) is 4.35. The van der Waals surface area contributed by atoms with E-state index in [2.05, 4.69) is 20.9 Å². The van der Waals surface area contributed by atoms with E-state index in [1.165, 1.54) is 0 Å². The Morgan fingerprint density at radius 2 is 2.00 bits per heavy atom. The minimum atomic E-state index is 0.00633. The molecule has 3 aromatic rings. The smallest absolute Gasteiger partial charge is 0.163 e. The Balaban J connectivity index is 2.57. The van der Waals surface area contributed by atoms with Gasteiger partial charge in [0.1, 0.15) is 5.58 Å². The van der Waals surface area contributed by atoms with Gasteiger partial charge in [0.25, 0.3) is 0 Å². The fraction of sp³-hybridized carbons (Fsp3) is 0.143. The van der Waals surface area contributed by atoms with E-state index in [9.17, 15) is 4.79 Å². The Morgan fingerprint density at radius 1 is 1.22 bits per heavy atom. The van der Waals surface area contributed by atoms with Gasteiger partial charge in [0, 0.05) is 23.2 Å². The third-order valence-corrected chi connectivity index (χ3v) is 3.52. The normalized spacial score (nSPS) is 11.3. The molecule has 3 rings (SSSR count). The molecule has 0 amide bonds. The molecule has 3 nitrogen and oxygen atoms in total. The molecule has 0 aliphatic carbocycles. The molecule has 0 saturated carbocycles. The molecule has 90 valence electrons. The first kappa shape index (κ1) is 11.4. The molecule has 0 radical (unpaired) electrons. The van der Waals surface area contributed by atoms with Crippen LogP contribution in [0.2, 0.25) is 0 Å². The van der Waals surface area contributed by atoms with Crippen LogP contribution in [0.5, 0.6) is 0 Å². The topological polar surface area (TPSA) is 43.1 Å². The minimum Gasteiger partial charge on any atom is -0.454 e. The lowest BCUT2D eigenvalue weighted by Crippen LogP contribution is -1.93. The molecule has 1 aromatic carbocycles. The number of benzene rings is 1. The van der Waals surface area contributed by atoms with Gasteiger partial charge in [0.15, 0.2) is 11.4 Å².